The van der Waals surface area contributed by atoms with Crippen molar-refractivity contribution in [3.05, 3.63) is 81.6 Å². The number of ketones is 1. The minimum atomic E-state index is -0.752. The molecule has 4 aromatic rings. The van der Waals surface area contributed by atoms with E-state index in [0.717, 1.165) is 27.1 Å². The van der Waals surface area contributed by atoms with Gasteiger partial charge in [0, 0.05) is 10.4 Å². The molecule has 0 spiro atoms. The number of anilines is 1. The Morgan fingerprint density at radius 3 is 2.65 bits per heavy atom. The maximum atomic E-state index is 13.3. The normalized spacial score (nSPS) is 17.6. The van der Waals surface area contributed by atoms with E-state index in [2.05, 4.69) is 4.98 Å². The predicted octanol–water partition coefficient (Wildman–Crippen LogP) is 6.08. The van der Waals surface area contributed by atoms with Crippen LogP contribution in [0.1, 0.15) is 35.4 Å². The van der Waals surface area contributed by atoms with E-state index in [4.69, 9.17) is 4.74 Å². The number of nitrogens with zero attached hydrogens (tertiary/aromatic N) is 2. The molecule has 3 heterocycles. The van der Waals surface area contributed by atoms with Gasteiger partial charge in [0.15, 0.2) is 5.13 Å². The van der Waals surface area contributed by atoms with E-state index in [0.29, 0.717) is 23.1 Å². The number of thiophene rings is 1. The number of aromatic nitrogens is 1. The first-order valence-corrected chi connectivity index (χ1v) is 12.6. The molecule has 172 valence electrons. The first kappa shape index (κ1) is 22.3. The minimum Gasteiger partial charge on any atom is -0.507 e. The number of carbonyl (C=O) groups is 2. The highest BCUT2D eigenvalue weighted by atomic mass is 32.1. The molecule has 0 radical (unpaired) electrons. The SMILES string of the molecule is CCCOc1ccc(/C(O)=C2\C(=O)C(=O)N(c3nc4ccc(C)cc4s3)C2c2cccs2)cc1. The zero-order chi connectivity index (χ0) is 23.8. The molecule has 1 aliphatic heterocycles. The van der Waals surface area contributed by atoms with Gasteiger partial charge in [0.05, 0.1) is 22.4 Å². The molecule has 1 atom stereocenters. The van der Waals surface area contributed by atoms with Crippen LogP contribution in [0.15, 0.2) is 65.6 Å². The molecule has 0 aliphatic carbocycles. The first-order valence-electron chi connectivity index (χ1n) is 10.9. The predicted molar refractivity (Wildman–Crippen MR) is 136 cm³/mol. The highest BCUT2D eigenvalue weighted by Gasteiger charge is 2.48. The fraction of sp³-hybridized carbons (Fsp3) is 0.192. The highest BCUT2D eigenvalue weighted by molar-refractivity contribution is 7.22. The molecule has 34 heavy (non-hydrogen) atoms. The molecule has 0 bridgehead atoms. The largest absolute Gasteiger partial charge is 0.507 e. The summed E-state index contributed by atoms with van der Waals surface area (Å²) in [4.78, 5) is 33.3. The van der Waals surface area contributed by atoms with Gasteiger partial charge in [-0.2, -0.15) is 0 Å². The van der Waals surface area contributed by atoms with Crippen LogP contribution in [0.25, 0.3) is 16.0 Å². The smallest absolute Gasteiger partial charge is 0.301 e. The summed E-state index contributed by atoms with van der Waals surface area (Å²) < 4.78 is 6.55. The summed E-state index contributed by atoms with van der Waals surface area (Å²) in [5.74, 6) is -0.951. The van der Waals surface area contributed by atoms with E-state index in [1.54, 1.807) is 24.3 Å². The Bertz CT molecular complexity index is 1400. The van der Waals surface area contributed by atoms with Crippen molar-refractivity contribution in [3.8, 4) is 5.75 Å². The lowest BCUT2D eigenvalue weighted by atomic mass is 10.00. The number of amides is 1. The first-order chi connectivity index (χ1) is 16.5. The standard InChI is InChI=1S/C26H22N2O4S2/c1-3-12-32-17-9-7-16(8-10-17)23(29)21-22(19-5-4-13-33-19)28(25(31)24(21)30)26-27-18-11-6-15(2)14-20(18)34-26/h4-11,13-14,22,29H,3,12H2,1-2H3/b23-21+. The number of aliphatic hydroxyl groups excluding tert-OH is 1. The van der Waals surface area contributed by atoms with Gasteiger partial charge in [-0.05, 0) is 66.8 Å². The summed E-state index contributed by atoms with van der Waals surface area (Å²) in [6, 6.07) is 15.7. The van der Waals surface area contributed by atoms with Gasteiger partial charge in [-0.25, -0.2) is 4.98 Å². The number of hydrogen-bond acceptors (Lipinski definition) is 7. The van der Waals surface area contributed by atoms with Crippen molar-refractivity contribution in [2.24, 2.45) is 0 Å². The second-order valence-electron chi connectivity index (χ2n) is 8.02. The number of rotatable bonds is 6. The number of benzene rings is 2. The van der Waals surface area contributed by atoms with Crippen LogP contribution >= 0.6 is 22.7 Å². The third kappa shape index (κ3) is 3.89. The Morgan fingerprint density at radius 1 is 1.15 bits per heavy atom. The van der Waals surface area contributed by atoms with Crippen LogP contribution in [0.5, 0.6) is 5.75 Å². The topological polar surface area (TPSA) is 79.7 Å². The van der Waals surface area contributed by atoms with Crippen LogP contribution in [0.3, 0.4) is 0 Å². The molecule has 1 N–H and O–H groups in total. The molecular formula is C26H22N2O4S2. The number of aliphatic hydroxyl groups is 1. The van der Waals surface area contributed by atoms with E-state index in [1.807, 2.05) is 49.6 Å². The van der Waals surface area contributed by atoms with E-state index in [1.165, 1.54) is 27.6 Å². The van der Waals surface area contributed by atoms with E-state index in [-0.39, 0.29) is 11.3 Å². The van der Waals surface area contributed by atoms with Crippen molar-refractivity contribution in [3.63, 3.8) is 0 Å². The lowest BCUT2D eigenvalue weighted by Gasteiger charge is -2.21. The highest BCUT2D eigenvalue weighted by Crippen LogP contribution is 2.45. The Balaban J connectivity index is 1.62. The molecule has 2 aromatic carbocycles. The van der Waals surface area contributed by atoms with Crippen LogP contribution in [0.4, 0.5) is 5.13 Å². The number of thiazole rings is 1. The second-order valence-corrected chi connectivity index (χ2v) is 10.0. The van der Waals surface area contributed by atoms with Crippen molar-refractivity contribution in [1.82, 2.24) is 4.98 Å². The molecule has 2 aromatic heterocycles. The summed E-state index contributed by atoms with van der Waals surface area (Å²) in [6.07, 6.45) is 0.886. The number of fused-ring (bicyclic) bond motifs is 1. The third-order valence-corrected chi connectivity index (χ3v) is 7.54. The zero-order valence-corrected chi connectivity index (χ0v) is 20.3. The molecule has 1 fully saturated rings. The summed E-state index contributed by atoms with van der Waals surface area (Å²) in [5.41, 5.74) is 2.36. The van der Waals surface area contributed by atoms with Gasteiger partial charge in [0.1, 0.15) is 17.6 Å². The summed E-state index contributed by atoms with van der Waals surface area (Å²) in [7, 11) is 0. The van der Waals surface area contributed by atoms with Crippen LogP contribution in [-0.4, -0.2) is 28.4 Å². The lowest BCUT2D eigenvalue weighted by Crippen LogP contribution is -2.28. The molecule has 1 aliphatic rings. The van der Waals surface area contributed by atoms with Crippen molar-refractivity contribution >= 4 is 55.5 Å². The molecule has 1 unspecified atom stereocenters. The van der Waals surface area contributed by atoms with E-state index < -0.39 is 17.7 Å². The number of Topliss-reactive ketones (excluding diaryl/α,β-unsaturated/α-hetero) is 1. The van der Waals surface area contributed by atoms with Crippen molar-refractivity contribution in [2.75, 3.05) is 11.5 Å². The average Bonchev–Trinajstić information content (AvgIpc) is 3.56. The van der Waals surface area contributed by atoms with Crippen molar-refractivity contribution < 1.29 is 19.4 Å². The van der Waals surface area contributed by atoms with Gasteiger partial charge in [0.25, 0.3) is 5.78 Å². The van der Waals surface area contributed by atoms with Gasteiger partial charge in [0.2, 0.25) is 0 Å². The molecule has 6 nitrogen and oxygen atoms in total. The van der Waals surface area contributed by atoms with Gasteiger partial charge in [-0.15, -0.1) is 11.3 Å². The van der Waals surface area contributed by atoms with Crippen molar-refractivity contribution in [1.29, 1.82) is 0 Å². The van der Waals surface area contributed by atoms with Crippen LogP contribution in [0, 0.1) is 6.92 Å². The fourth-order valence-electron chi connectivity index (χ4n) is 3.95. The molecule has 1 saturated heterocycles. The summed E-state index contributed by atoms with van der Waals surface area (Å²) in [6.45, 7) is 4.61. The van der Waals surface area contributed by atoms with Crippen LogP contribution in [-0.2, 0) is 9.59 Å². The monoisotopic (exact) mass is 490 g/mol. The fourth-order valence-corrected chi connectivity index (χ4v) is 5.87. The quantitative estimate of drug-likeness (QED) is 0.201. The average molecular weight is 491 g/mol. The van der Waals surface area contributed by atoms with Gasteiger partial charge in [-0.1, -0.05) is 30.4 Å². The van der Waals surface area contributed by atoms with Crippen LogP contribution in [0.2, 0.25) is 0 Å². The molecule has 0 saturated carbocycles. The van der Waals surface area contributed by atoms with Crippen molar-refractivity contribution in [2.45, 2.75) is 26.3 Å². The Labute approximate surface area is 204 Å². The Hall–Kier alpha value is -3.49. The van der Waals surface area contributed by atoms with Gasteiger partial charge in [-0.3, -0.25) is 14.5 Å². The van der Waals surface area contributed by atoms with Gasteiger partial charge < -0.3 is 9.84 Å². The summed E-state index contributed by atoms with van der Waals surface area (Å²) in [5, 5.41) is 13.5. The molecular weight excluding hydrogens is 468 g/mol. The Kier molecular flexibility index (Phi) is 5.93. The number of aryl methyl sites for hydroxylation is 1. The van der Waals surface area contributed by atoms with E-state index in [9.17, 15) is 14.7 Å². The third-order valence-electron chi connectivity index (χ3n) is 5.60. The molecule has 5 rings (SSSR count). The number of hydrogen-bond donors (Lipinski definition) is 1. The van der Waals surface area contributed by atoms with E-state index >= 15 is 0 Å². The lowest BCUT2D eigenvalue weighted by molar-refractivity contribution is -0.132. The molecule has 1 amide bonds. The second kappa shape index (κ2) is 9.04. The minimum absolute atomic E-state index is 0.0603. The maximum absolute atomic E-state index is 13.3. The maximum Gasteiger partial charge on any atom is 0.301 e. The molecule has 8 heteroatoms. The van der Waals surface area contributed by atoms with Crippen LogP contribution < -0.4 is 9.64 Å². The summed E-state index contributed by atoms with van der Waals surface area (Å²) >= 11 is 2.79. The number of carbonyl (C=O) groups excluding carboxylic acids is 2. The Morgan fingerprint density at radius 2 is 1.94 bits per heavy atom. The number of ether oxygens (including phenoxy) is 1. The van der Waals surface area contributed by atoms with Gasteiger partial charge >= 0.3 is 5.91 Å². The zero-order valence-electron chi connectivity index (χ0n) is 18.6.